The second-order valence-corrected chi connectivity index (χ2v) is 5.85. The fourth-order valence-corrected chi connectivity index (χ4v) is 2.25. The van der Waals surface area contributed by atoms with Gasteiger partial charge in [0.25, 0.3) is 0 Å². The zero-order chi connectivity index (χ0) is 15.9. The lowest BCUT2D eigenvalue weighted by molar-refractivity contribution is -0.138. The maximum absolute atomic E-state index is 11.5. The summed E-state index contributed by atoms with van der Waals surface area (Å²) in [5.41, 5.74) is 1.82. The number of hydrogen-bond acceptors (Lipinski definition) is 2. The average Bonchev–Trinajstić information content (AvgIpc) is 2.52. The Hall–Kier alpha value is -2.29. The van der Waals surface area contributed by atoms with Crippen LogP contribution in [-0.4, -0.2) is 17.7 Å². The van der Waals surface area contributed by atoms with Gasteiger partial charge in [0.2, 0.25) is 0 Å². The minimum Gasteiger partial charge on any atom is -0.493 e. The van der Waals surface area contributed by atoms with Gasteiger partial charge in [-0.2, -0.15) is 0 Å². The molecule has 0 bridgehead atoms. The van der Waals surface area contributed by atoms with Crippen molar-refractivity contribution in [3.05, 3.63) is 65.7 Å². The largest absolute Gasteiger partial charge is 0.493 e. The molecule has 22 heavy (non-hydrogen) atoms. The molecule has 1 atom stereocenters. The van der Waals surface area contributed by atoms with Crippen LogP contribution in [0.15, 0.2) is 54.6 Å². The summed E-state index contributed by atoms with van der Waals surface area (Å²) >= 11 is 0. The average molecular weight is 298 g/mol. The third-order valence-corrected chi connectivity index (χ3v) is 3.45. The molecule has 0 spiro atoms. The van der Waals surface area contributed by atoms with Crippen molar-refractivity contribution in [2.24, 2.45) is 5.92 Å². The molecule has 0 saturated carbocycles. The molecule has 0 amide bonds. The van der Waals surface area contributed by atoms with Crippen LogP contribution in [0.2, 0.25) is 0 Å². The van der Waals surface area contributed by atoms with Gasteiger partial charge in [-0.3, -0.25) is 4.79 Å². The summed E-state index contributed by atoms with van der Waals surface area (Å²) in [6, 6.07) is 17.0. The number of rotatable bonds is 7. The fraction of sp³-hybridized carbons (Fsp3) is 0.316. The first kappa shape index (κ1) is 16.1. The maximum Gasteiger partial charge on any atom is 0.311 e. The van der Waals surface area contributed by atoms with Crippen LogP contribution in [0.25, 0.3) is 0 Å². The number of benzene rings is 2. The quantitative estimate of drug-likeness (QED) is 0.836. The second-order valence-electron chi connectivity index (χ2n) is 5.85. The van der Waals surface area contributed by atoms with E-state index in [0.29, 0.717) is 18.9 Å². The Morgan fingerprint density at radius 2 is 1.68 bits per heavy atom. The number of aliphatic carboxylic acids is 1. The molecule has 0 aliphatic rings. The van der Waals surface area contributed by atoms with E-state index in [1.807, 2.05) is 54.6 Å². The monoisotopic (exact) mass is 298 g/mol. The van der Waals surface area contributed by atoms with Crippen LogP contribution >= 0.6 is 0 Å². The van der Waals surface area contributed by atoms with Crippen molar-refractivity contribution in [1.82, 2.24) is 0 Å². The van der Waals surface area contributed by atoms with Crippen LogP contribution in [-0.2, 0) is 11.2 Å². The van der Waals surface area contributed by atoms with E-state index in [-0.39, 0.29) is 0 Å². The van der Waals surface area contributed by atoms with E-state index in [1.165, 1.54) is 0 Å². The predicted molar refractivity (Wildman–Crippen MR) is 87.3 cm³/mol. The Morgan fingerprint density at radius 3 is 2.23 bits per heavy atom. The Bertz CT molecular complexity index is 588. The number of carbonyl (C=O) groups is 1. The lowest BCUT2D eigenvalue weighted by Gasteiger charge is -2.14. The van der Waals surface area contributed by atoms with Crippen molar-refractivity contribution < 1.29 is 14.6 Å². The van der Waals surface area contributed by atoms with E-state index >= 15 is 0 Å². The SMILES string of the molecule is CC(C)COc1ccc(CC(C(=O)O)c2ccccc2)cc1. The van der Waals surface area contributed by atoms with Crippen LogP contribution in [0.1, 0.15) is 30.9 Å². The highest BCUT2D eigenvalue weighted by atomic mass is 16.5. The number of hydrogen-bond donors (Lipinski definition) is 1. The minimum absolute atomic E-state index is 0.476. The minimum atomic E-state index is -0.800. The van der Waals surface area contributed by atoms with E-state index < -0.39 is 11.9 Å². The highest BCUT2D eigenvalue weighted by Crippen LogP contribution is 2.23. The molecule has 0 aliphatic heterocycles. The van der Waals surface area contributed by atoms with Crippen molar-refractivity contribution >= 4 is 5.97 Å². The van der Waals surface area contributed by atoms with E-state index in [0.717, 1.165) is 16.9 Å². The van der Waals surface area contributed by atoms with Crippen LogP contribution in [0.5, 0.6) is 5.75 Å². The maximum atomic E-state index is 11.5. The van der Waals surface area contributed by atoms with Crippen molar-refractivity contribution in [3.8, 4) is 5.75 Å². The van der Waals surface area contributed by atoms with Gasteiger partial charge in [-0.1, -0.05) is 56.3 Å². The Labute approximate surface area is 131 Å². The first-order valence-electron chi connectivity index (χ1n) is 7.55. The molecule has 0 saturated heterocycles. The summed E-state index contributed by atoms with van der Waals surface area (Å²) < 4.78 is 5.64. The molecule has 2 rings (SSSR count). The van der Waals surface area contributed by atoms with E-state index in [2.05, 4.69) is 13.8 Å². The molecule has 3 nitrogen and oxygen atoms in total. The molecule has 0 aromatic heterocycles. The van der Waals surface area contributed by atoms with Gasteiger partial charge in [0.05, 0.1) is 12.5 Å². The van der Waals surface area contributed by atoms with Crippen molar-refractivity contribution in [2.75, 3.05) is 6.61 Å². The first-order valence-corrected chi connectivity index (χ1v) is 7.55. The normalized spacial score (nSPS) is 12.1. The molecular formula is C19H22O3. The zero-order valence-electron chi connectivity index (χ0n) is 13.0. The Kier molecular flexibility index (Phi) is 5.59. The Morgan fingerprint density at radius 1 is 1.05 bits per heavy atom. The van der Waals surface area contributed by atoms with Crippen LogP contribution < -0.4 is 4.74 Å². The van der Waals surface area contributed by atoms with Crippen molar-refractivity contribution in [2.45, 2.75) is 26.2 Å². The third-order valence-electron chi connectivity index (χ3n) is 3.45. The van der Waals surface area contributed by atoms with Crippen LogP contribution in [0.4, 0.5) is 0 Å². The molecule has 1 unspecified atom stereocenters. The zero-order valence-corrected chi connectivity index (χ0v) is 13.0. The topological polar surface area (TPSA) is 46.5 Å². The van der Waals surface area contributed by atoms with Gasteiger partial charge in [-0.05, 0) is 35.6 Å². The molecule has 2 aromatic rings. The van der Waals surface area contributed by atoms with E-state index in [1.54, 1.807) is 0 Å². The summed E-state index contributed by atoms with van der Waals surface area (Å²) in [6.45, 7) is 4.89. The van der Waals surface area contributed by atoms with Crippen molar-refractivity contribution in [1.29, 1.82) is 0 Å². The summed E-state index contributed by atoms with van der Waals surface area (Å²) in [4.78, 5) is 11.5. The fourth-order valence-electron chi connectivity index (χ4n) is 2.25. The molecule has 1 N–H and O–H groups in total. The van der Waals surface area contributed by atoms with Gasteiger partial charge in [-0.25, -0.2) is 0 Å². The van der Waals surface area contributed by atoms with E-state index in [4.69, 9.17) is 4.74 Å². The van der Waals surface area contributed by atoms with Gasteiger partial charge in [0.15, 0.2) is 0 Å². The van der Waals surface area contributed by atoms with E-state index in [9.17, 15) is 9.90 Å². The molecule has 0 aliphatic carbocycles. The molecule has 0 heterocycles. The number of carboxylic acids is 1. The number of ether oxygens (including phenoxy) is 1. The molecule has 2 aromatic carbocycles. The van der Waals surface area contributed by atoms with Crippen molar-refractivity contribution in [3.63, 3.8) is 0 Å². The Balaban J connectivity index is 2.06. The van der Waals surface area contributed by atoms with Gasteiger partial charge in [0.1, 0.15) is 5.75 Å². The predicted octanol–water partition coefficient (Wildman–Crippen LogP) is 4.13. The summed E-state index contributed by atoms with van der Waals surface area (Å²) in [6.07, 6.45) is 0.476. The van der Waals surface area contributed by atoms with Gasteiger partial charge in [0, 0.05) is 0 Å². The lowest BCUT2D eigenvalue weighted by atomic mass is 9.92. The molecular weight excluding hydrogens is 276 g/mol. The first-order chi connectivity index (χ1) is 10.6. The number of carboxylic acid groups (broad SMARTS) is 1. The highest BCUT2D eigenvalue weighted by molar-refractivity contribution is 5.76. The highest BCUT2D eigenvalue weighted by Gasteiger charge is 2.19. The molecule has 0 fully saturated rings. The van der Waals surface area contributed by atoms with Gasteiger partial charge < -0.3 is 9.84 Å². The summed E-state index contributed by atoms with van der Waals surface area (Å²) in [7, 11) is 0. The van der Waals surface area contributed by atoms with Crippen LogP contribution in [0.3, 0.4) is 0 Å². The third kappa shape index (κ3) is 4.62. The molecule has 3 heteroatoms. The summed E-state index contributed by atoms with van der Waals surface area (Å²) in [5.74, 6) is -0.0202. The smallest absolute Gasteiger partial charge is 0.311 e. The lowest BCUT2D eigenvalue weighted by Crippen LogP contribution is -2.14. The second kappa shape index (κ2) is 7.64. The summed E-state index contributed by atoms with van der Waals surface area (Å²) in [5, 5.41) is 9.46. The van der Waals surface area contributed by atoms with Gasteiger partial charge >= 0.3 is 5.97 Å². The standard InChI is InChI=1S/C19H22O3/c1-14(2)13-22-17-10-8-15(9-11-17)12-18(19(20)21)16-6-4-3-5-7-16/h3-11,14,18H,12-13H2,1-2H3,(H,20,21). The van der Waals surface area contributed by atoms with Gasteiger partial charge in [-0.15, -0.1) is 0 Å². The van der Waals surface area contributed by atoms with Crippen LogP contribution in [0, 0.1) is 5.92 Å². The molecule has 116 valence electrons. The molecule has 0 radical (unpaired) electrons.